The molecule has 0 spiro atoms. The van der Waals surface area contributed by atoms with Crippen LogP contribution in [-0.2, 0) is 0 Å². The van der Waals surface area contributed by atoms with Gasteiger partial charge in [-0.25, -0.2) is 4.39 Å². The van der Waals surface area contributed by atoms with E-state index in [4.69, 9.17) is 33.7 Å². The summed E-state index contributed by atoms with van der Waals surface area (Å²) < 4.78 is 18.6. The third kappa shape index (κ3) is 3.46. The molecule has 0 saturated heterocycles. The van der Waals surface area contributed by atoms with Crippen molar-refractivity contribution < 1.29 is 13.9 Å². The number of rotatable bonds is 4. The Morgan fingerprint density at radius 2 is 1.90 bits per heavy atom. The Kier molecular flexibility index (Phi) is 4.70. The molecular weight excluding hydrogens is 316 g/mol. The zero-order valence-corrected chi connectivity index (χ0v) is 12.6. The Morgan fingerprint density at radius 3 is 2.52 bits per heavy atom. The van der Waals surface area contributed by atoms with Gasteiger partial charge >= 0.3 is 0 Å². The maximum Gasteiger partial charge on any atom is 0.194 e. The third-order valence-corrected chi connectivity index (χ3v) is 3.36. The number of carbonyl (C=O) groups is 1. The van der Waals surface area contributed by atoms with Gasteiger partial charge in [0.15, 0.2) is 5.78 Å². The first-order valence-corrected chi connectivity index (χ1v) is 6.90. The van der Waals surface area contributed by atoms with Crippen molar-refractivity contribution in [3.63, 3.8) is 0 Å². The van der Waals surface area contributed by atoms with Gasteiger partial charge in [0.05, 0.1) is 16.7 Å². The standard InChI is InChI=1S/C15H12Cl2FNO2/c1-2-21-14-7-12(16)11(6-13(14)17)15(20)8-3-9(18)5-10(19)4-8/h3-7H,2,19H2,1H3. The van der Waals surface area contributed by atoms with Crippen LogP contribution in [0.4, 0.5) is 10.1 Å². The fraction of sp³-hybridized carbons (Fsp3) is 0.133. The summed E-state index contributed by atoms with van der Waals surface area (Å²) in [5, 5.41) is 0.435. The number of hydrogen-bond acceptors (Lipinski definition) is 3. The molecule has 0 aromatic heterocycles. The third-order valence-electron chi connectivity index (χ3n) is 2.75. The molecule has 110 valence electrons. The van der Waals surface area contributed by atoms with Gasteiger partial charge in [0.25, 0.3) is 0 Å². The molecule has 0 bridgehead atoms. The van der Waals surface area contributed by atoms with Crippen molar-refractivity contribution in [2.75, 3.05) is 12.3 Å². The molecule has 0 unspecified atom stereocenters. The monoisotopic (exact) mass is 327 g/mol. The molecule has 2 rings (SSSR count). The molecule has 0 aliphatic rings. The van der Waals surface area contributed by atoms with E-state index in [0.29, 0.717) is 12.4 Å². The normalized spacial score (nSPS) is 10.5. The van der Waals surface area contributed by atoms with Gasteiger partial charge in [0.1, 0.15) is 11.6 Å². The summed E-state index contributed by atoms with van der Waals surface area (Å²) in [6.07, 6.45) is 0. The molecule has 0 aliphatic carbocycles. The van der Waals surface area contributed by atoms with Crippen LogP contribution in [0.25, 0.3) is 0 Å². The maximum absolute atomic E-state index is 13.3. The minimum Gasteiger partial charge on any atom is -0.492 e. The lowest BCUT2D eigenvalue weighted by Crippen LogP contribution is -2.05. The van der Waals surface area contributed by atoms with Gasteiger partial charge in [-0.15, -0.1) is 0 Å². The minimum atomic E-state index is -0.591. The first-order valence-electron chi connectivity index (χ1n) is 6.15. The van der Waals surface area contributed by atoms with Gasteiger partial charge in [-0.1, -0.05) is 23.2 Å². The molecule has 0 aliphatic heterocycles. The molecule has 2 aromatic carbocycles. The Labute approximate surface area is 131 Å². The van der Waals surface area contributed by atoms with E-state index in [2.05, 4.69) is 0 Å². The second kappa shape index (κ2) is 6.33. The molecule has 0 radical (unpaired) electrons. The summed E-state index contributed by atoms with van der Waals surface area (Å²) in [6, 6.07) is 6.47. The highest BCUT2D eigenvalue weighted by atomic mass is 35.5. The van der Waals surface area contributed by atoms with E-state index in [9.17, 15) is 9.18 Å². The number of anilines is 1. The highest BCUT2D eigenvalue weighted by molar-refractivity contribution is 6.37. The summed E-state index contributed by atoms with van der Waals surface area (Å²) in [4.78, 5) is 12.4. The predicted octanol–water partition coefficient (Wildman–Crippen LogP) is 4.34. The van der Waals surface area contributed by atoms with Crippen LogP contribution in [0, 0.1) is 5.82 Å². The number of ether oxygens (including phenoxy) is 1. The molecular formula is C15H12Cl2FNO2. The molecule has 0 heterocycles. The van der Waals surface area contributed by atoms with Gasteiger partial charge in [0, 0.05) is 22.9 Å². The van der Waals surface area contributed by atoms with Crippen LogP contribution in [0.1, 0.15) is 22.8 Å². The van der Waals surface area contributed by atoms with Crippen LogP contribution in [-0.4, -0.2) is 12.4 Å². The summed E-state index contributed by atoms with van der Waals surface area (Å²) in [7, 11) is 0. The molecule has 0 atom stereocenters. The van der Waals surface area contributed by atoms with E-state index in [-0.39, 0.29) is 26.9 Å². The lowest BCUT2D eigenvalue weighted by molar-refractivity contribution is 0.103. The number of hydrogen-bond donors (Lipinski definition) is 1. The van der Waals surface area contributed by atoms with Crippen LogP contribution >= 0.6 is 23.2 Å². The molecule has 0 saturated carbocycles. The molecule has 0 fully saturated rings. The topological polar surface area (TPSA) is 52.3 Å². The smallest absolute Gasteiger partial charge is 0.194 e. The van der Waals surface area contributed by atoms with Crippen molar-refractivity contribution in [1.29, 1.82) is 0 Å². The number of carbonyl (C=O) groups excluding carboxylic acids is 1. The largest absolute Gasteiger partial charge is 0.492 e. The van der Waals surface area contributed by atoms with E-state index in [1.54, 1.807) is 6.92 Å². The van der Waals surface area contributed by atoms with Gasteiger partial charge in [-0.05, 0) is 31.2 Å². The van der Waals surface area contributed by atoms with Crippen LogP contribution in [0.5, 0.6) is 5.75 Å². The molecule has 2 N–H and O–H groups in total. The average Bonchev–Trinajstić information content (AvgIpc) is 2.41. The van der Waals surface area contributed by atoms with Crippen LogP contribution in [0.2, 0.25) is 10.0 Å². The summed E-state index contributed by atoms with van der Waals surface area (Å²) in [6.45, 7) is 2.22. The fourth-order valence-corrected chi connectivity index (χ4v) is 2.33. The van der Waals surface area contributed by atoms with Crippen molar-refractivity contribution in [2.24, 2.45) is 0 Å². The lowest BCUT2D eigenvalue weighted by Gasteiger charge is -2.10. The summed E-state index contributed by atoms with van der Waals surface area (Å²) in [5.41, 5.74) is 5.96. The highest BCUT2D eigenvalue weighted by Gasteiger charge is 2.17. The predicted molar refractivity (Wildman–Crippen MR) is 81.9 cm³/mol. The lowest BCUT2D eigenvalue weighted by atomic mass is 10.0. The van der Waals surface area contributed by atoms with E-state index in [1.807, 2.05) is 0 Å². The molecule has 3 nitrogen and oxygen atoms in total. The number of nitrogens with two attached hydrogens (primary N) is 1. The van der Waals surface area contributed by atoms with Crippen LogP contribution < -0.4 is 10.5 Å². The van der Waals surface area contributed by atoms with Crippen molar-refractivity contribution in [3.8, 4) is 5.75 Å². The van der Waals surface area contributed by atoms with Gasteiger partial charge in [-0.3, -0.25) is 4.79 Å². The zero-order valence-electron chi connectivity index (χ0n) is 11.1. The molecule has 21 heavy (non-hydrogen) atoms. The first-order chi connectivity index (χ1) is 9.92. The molecule has 0 amide bonds. The first kappa shape index (κ1) is 15.6. The van der Waals surface area contributed by atoms with Crippen molar-refractivity contribution in [2.45, 2.75) is 6.92 Å². The second-order valence-electron chi connectivity index (χ2n) is 4.30. The van der Waals surface area contributed by atoms with E-state index >= 15 is 0 Å². The SMILES string of the molecule is CCOc1cc(Cl)c(C(=O)c2cc(N)cc(F)c2)cc1Cl. The Bertz CT molecular complexity index is 684. The summed E-state index contributed by atoms with van der Waals surface area (Å²) >= 11 is 12.1. The quantitative estimate of drug-likeness (QED) is 0.671. The zero-order chi connectivity index (χ0) is 15.6. The number of nitrogen functional groups attached to an aromatic ring is 1. The van der Waals surface area contributed by atoms with E-state index in [0.717, 1.165) is 12.1 Å². The van der Waals surface area contributed by atoms with Crippen LogP contribution in [0.3, 0.4) is 0 Å². The number of benzene rings is 2. The second-order valence-corrected chi connectivity index (χ2v) is 5.11. The molecule has 2 aromatic rings. The minimum absolute atomic E-state index is 0.106. The number of ketones is 1. The van der Waals surface area contributed by atoms with E-state index < -0.39 is 11.6 Å². The fourth-order valence-electron chi connectivity index (χ4n) is 1.87. The van der Waals surface area contributed by atoms with E-state index in [1.165, 1.54) is 18.2 Å². The Balaban J connectivity index is 2.46. The van der Waals surface area contributed by atoms with Crippen molar-refractivity contribution in [1.82, 2.24) is 0 Å². The van der Waals surface area contributed by atoms with Crippen molar-refractivity contribution in [3.05, 3.63) is 57.3 Å². The molecule has 6 heteroatoms. The van der Waals surface area contributed by atoms with Gasteiger partial charge in [0.2, 0.25) is 0 Å². The van der Waals surface area contributed by atoms with Crippen molar-refractivity contribution >= 4 is 34.7 Å². The van der Waals surface area contributed by atoms with Crippen LogP contribution in [0.15, 0.2) is 30.3 Å². The maximum atomic E-state index is 13.3. The van der Waals surface area contributed by atoms with Gasteiger partial charge in [-0.2, -0.15) is 0 Å². The Morgan fingerprint density at radius 1 is 1.19 bits per heavy atom. The number of halogens is 3. The van der Waals surface area contributed by atoms with Gasteiger partial charge < -0.3 is 10.5 Å². The summed E-state index contributed by atoms with van der Waals surface area (Å²) in [5.74, 6) is -0.665. The Hall–Kier alpha value is -1.78. The average molecular weight is 328 g/mol. The highest BCUT2D eigenvalue weighted by Crippen LogP contribution is 2.32.